The zero-order chi connectivity index (χ0) is 21.0. The Morgan fingerprint density at radius 1 is 1.00 bits per heavy atom. The Kier molecular flexibility index (Phi) is 6.23. The van der Waals surface area contributed by atoms with E-state index >= 15 is 0 Å². The highest BCUT2D eigenvalue weighted by Crippen LogP contribution is 2.30. The quantitative estimate of drug-likeness (QED) is 0.614. The van der Waals surface area contributed by atoms with Crippen molar-refractivity contribution in [3.8, 4) is 0 Å². The molecule has 0 radical (unpaired) electrons. The van der Waals surface area contributed by atoms with Crippen molar-refractivity contribution in [2.24, 2.45) is 0 Å². The molecule has 5 nitrogen and oxygen atoms in total. The number of sulfone groups is 1. The third-order valence-corrected chi connectivity index (χ3v) is 7.03. The molecule has 2 aromatic carbocycles. The first kappa shape index (κ1) is 20.9. The van der Waals surface area contributed by atoms with Crippen LogP contribution in [0.3, 0.4) is 0 Å². The van der Waals surface area contributed by atoms with Crippen molar-refractivity contribution in [2.45, 2.75) is 36.8 Å². The first-order valence-electron chi connectivity index (χ1n) is 9.52. The van der Waals surface area contributed by atoms with Crippen LogP contribution in [0, 0.1) is 6.92 Å². The van der Waals surface area contributed by atoms with Crippen molar-refractivity contribution in [3.63, 3.8) is 0 Å². The van der Waals surface area contributed by atoms with Gasteiger partial charge < -0.3 is 9.73 Å². The molecule has 29 heavy (non-hydrogen) atoms. The Morgan fingerprint density at radius 3 is 2.28 bits per heavy atom. The van der Waals surface area contributed by atoms with E-state index < -0.39 is 15.1 Å². The van der Waals surface area contributed by atoms with Crippen molar-refractivity contribution in [3.05, 3.63) is 89.4 Å². The average Bonchev–Trinajstić information content (AvgIpc) is 3.22. The molecule has 0 bridgehead atoms. The van der Waals surface area contributed by atoms with E-state index in [0.717, 1.165) is 11.1 Å². The number of hydrogen-bond donors (Lipinski definition) is 1. The largest absolute Gasteiger partial charge is 0.468 e. The minimum absolute atomic E-state index is 0.0883. The lowest BCUT2D eigenvalue weighted by Gasteiger charge is -2.17. The highest BCUT2D eigenvalue weighted by atomic mass is 32.2. The fourth-order valence-electron chi connectivity index (χ4n) is 3.15. The Labute approximate surface area is 171 Å². The van der Waals surface area contributed by atoms with Crippen LogP contribution in [-0.4, -0.2) is 20.9 Å². The number of rotatable bonds is 7. The molecule has 0 unspecified atom stereocenters. The highest BCUT2D eigenvalue weighted by molar-refractivity contribution is 7.91. The van der Waals surface area contributed by atoms with Crippen LogP contribution in [0.1, 0.15) is 52.3 Å². The van der Waals surface area contributed by atoms with E-state index in [2.05, 4.69) is 19.2 Å². The Hall–Kier alpha value is -2.86. The molecule has 0 saturated carbocycles. The summed E-state index contributed by atoms with van der Waals surface area (Å²) in [5.74, 6) is 0.286. The Morgan fingerprint density at radius 2 is 1.69 bits per heavy atom. The zero-order valence-electron chi connectivity index (χ0n) is 16.8. The van der Waals surface area contributed by atoms with Gasteiger partial charge in [0.25, 0.3) is 5.91 Å². The van der Waals surface area contributed by atoms with Crippen molar-refractivity contribution >= 4 is 15.7 Å². The summed E-state index contributed by atoms with van der Waals surface area (Å²) in [6.07, 6.45) is 1.43. The van der Waals surface area contributed by atoms with Gasteiger partial charge in [-0.15, -0.1) is 0 Å². The number of carbonyl (C=O) groups excluding carboxylic acids is 1. The lowest BCUT2D eigenvalue weighted by molar-refractivity contribution is 0.0952. The molecule has 1 amide bonds. The lowest BCUT2D eigenvalue weighted by Crippen LogP contribution is -2.32. The predicted molar refractivity (Wildman–Crippen MR) is 113 cm³/mol. The van der Waals surface area contributed by atoms with Gasteiger partial charge in [0.05, 0.1) is 11.2 Å². The smallest absolute Gasteiger partial charge is 0.251 e. The predicted octanol–water partition coefficient (Wildman–Crippen LogP) is 4.66. The van der Waals surface area contributed by atoms with Crippen LogP contribution in [0.25, 0.3) is 0 Å². The third kappa shape index (κ3) is 4.59. The summed E-state index contributed by atoms with van der Waals surface area (Å²) in [5.41, 5.74) is 2.41. The first-order chi connectivity index (χ1) is 13.8. The number of nitrogens with one attached hydrogen (secondary N) is 1. The van der Waals surface area contributed by atoms with E-state index in [9.17, 15) is 13.2 Å². The fourth-order valence-corrected chi connectivity index (χ4v) is 4.74. The van der Waals surface area contributed by atoms with Crippen LogP contribution in [0.4, 0.5) is 0 Å². The van der Waals surface area contributed by atoms with Gasteiger partial charge in [-0.05, 0) is 54.3 Å². The number of amides is 1. The van der Waals surface area contributed by atoms with Crippen LogP contribution in [0.5, 0.6) is 0 Å². The minimum Gasteiger partial charge on any atom is -0.468 e. The molecule has 0 fully saturated rings. The van der Waals surface area contributed by atoms with Crippen LogP contribution >= 0.6 is 0 Å². The fraction of sp³-hybridized carbons (Fsp3) is 0.261. The van der Waals surface area contributed by atoms with E-state index in [4.69, 9.17) is 4.42 Å². The maximum atomic E-state index is 13.3. The second kappa shape index (κ2) is 8.66. The van der Waals surface area contributed by atoms with Crippen LogP contribution in [0.15, 0.2) is 76.2 Å². The topological polar surface area (TPSA) is 76.4 Å². The molecule has 1 atom stereocenters. The monoisotopic (exact) mass is 411 g/mol. The van der Waals surface area contributed by atoms with E-state index in [1.807, 2.05) is 31.2 Å². The summed E-state index contributed by atoms with van der Waals surface area (Å²) in [4.78, 5) is 12.8. The maximum absolute atomic E-state index is 13.3. The molecule has 152 valence electrons. The van der Waals surface area contributed by atoms with Crippen LogP contribution in [-0.2, 0) is 9.84 Å². The Balaban J connectivity index is 1.87. The summed E-state index contributed by atoms with van der Waals surface area (Å²) in [6, 6.07) is 17.3. The van der Waals surface area contributed by atoms with Gasteiger partial charge in [0.1, 0.15) is 11.0 Å². The summed E-state index contributed by atoms with van der Waals surface area (Å²) < 4.78 is 32.0. The lowest BCUT2D eigenvalue weighted by atomic mass is 10.0. The normalized spacial score (nSPS) is 12.7. The zero-order valence-corrected chi connectivity index (χ0v) is 17.6. The van der Waals surface area contributed by atoms with Crippen LogP contribution in [0.2, 0.25) is 0 Å². The maximum Gasteiger partial charge on any atom is 0.251 e. The SMILES string of the molecule is Cc1ccccc1C(=O)NC[C@@H](c1ccco1)S(=O)(=O)c1ccc(C(C)C)cc1. The van der Waals surface area contributed by atoms with Gasteiger partial charge in [-0.2, -0.15) is 0 Å². The number of carbonyl (C=O) groups is 1. The van der Waals surface area contributed by atoms with E-state index in [1.165, 1.54) is 6.26 Å². The number of furan rings is 1. The first-order valence-corrected chi connectivity index (χ1v) is 11.1. The molecule has 3 rings (SSSR count). The molecule has 1 heterocycles. The second-order valence-electron chi connectivity index (χ2n) is 7.30. The van der Waals surface area contributed by atoms with E-state index in [0.29, 0.717) is 17.2 Å². The molecule has 6 heteroatoms. The number of aryl methyl sites for hydroxylation is 1. The van der Waals surface area contributed by atoms with Gasteiger partial charge in [-0.1, -0.05) is 44.2 Å². The van der Waals surface area contributed by atoms with Gasteiger partial charge in [0, 0.05) is 12.1 Å². The van der Waals surface area contributed by atoms with Crippen molar-refractivity contribution in [1.82, 2.24) is 5.32 Å². The molecule has 0 aliphatic rings. The van der Waals surface area contributed by atoms with Crippen molar-refractivity contribution in [2.75, 3.05) is 6.54 Å². The third-order valence-electron chi connectivity index (χ3n) is 4.95. The van der Waals surface area contributed by atoms with Crippen molar-refractivity contribution < 1.29 is 17.6 Å². The molecule has 0 saturated heterocycles. The van der Waals surface area contributed by atoms with Crippen LogP contribution < -0.4 is 5.32 Å². The molecule has 0 aliphatic heterocycles. The summed E-state index contributed by atoms with van der Waals surface area (Å²) in [7, 11) is -3.76. The van der Waals surface area contributed by atoms with Gasteiger partial charge in [-0.3, -0.25) is 4.79 Å². The number of benzene rings is 2. The molecule has 1 N–H and O–H groups in total. The number of hydrogen-bond acceptors (Lipinski definition) is 4. The van der Waals surface area contributed by atoms with Gasteiger partial charge in [0.2, 0.25) is 0 Å². The summed E-state index contributed by atoms with van der Waals surface area (Å²) >= 11 is 0. The Bertz CT molecular complexity index is 1070. The second-order valence-corrected chi connectivity index (χ2v) is 9.43. The van der Waals surface area contributed by atoms with Crippen molar-refractivity contribution in [1.29, 1.82) is 0 Å². The highest BCUT2D eigenvalue weighted by Gasteiger charge is 2.32. The minimum atomic E-state index is -3.76. The van der Waals surface area contributed by atoms with Gasteiger partial charge in [0.15, 0.2) is 9.84 Å². The molecule has 3 aromatic rings. The van der Waals surface area contributed by atoms with Gasteiger partial charge in [-0.25, -0.2) is 8.42 Å². The van der Waals surface area contributed by atoms with E-state index in [-0.39, 0.29) is 17.3 Å². The molecule has 1 aromatic heterocycles. The molecule has 0 spiro atoms. The summed E-state index contributed by atoms with van der Waals surface area (Å²) in [5, 5.41) is 1.74. The average molecular weight is 412 g/mol. The molecule has 0 aliphatic carbocycles. The summed E-state index contributed by atoms with van der Waals surface area (Å²) in [6.45, 7) is 5.85. The standard InChI is InChI=1S/C23H25NO4S/c1-16(2)18-10-12-19(13-11-18)29(26,27)22(21-9-6-14-28-21)15-24-23(25)20-8-5-4-7-17(20)3/h4-14,16,22H,15H2,1-3H3,(H,24,25)/t22-/m0/s1. The van der Waals surface area contributed by atoms with Gasteiger partial charge >= 0.3 is 0 Å². The van der Waals surface area contributed by atoms with E-state index in [1.54, 1.807) is 36.4 Å². The molecular weight excluding hydrogens is 386 g/mol. The molecular formula is C23H25NO4S.